The summed E-state index contributed by atoms with van der Waals surface area (Å²) in [6.07, 6.45) is 0.940. The van der Waals surface area contributed by atoms with E-state index in [1.165, 1.54) is 5.56 Å². The average Bonchev–Trinajstić information content (AvgIpc) is 3.66. The van der Waals surface area contributed by atoms with Gasteiger partial charge in [0.05, 0.1) is 0 Å². The van der Waals surface area contributed by atoms with Crippen molar-refractivity contribution in [3.8, 4) is 11.1 Å². The summed E-state index contributed by atoms with van der Waals surface area (Å²) < 4.78 is 0. The number of carbonyl (C=O) groups is 2. The minimum Gasteiger partial charge on any atom is -0.339 e. The Balaban J connectivity index is 1.16. The Morgan fingerprint density at radius 3 is 1.84 bits per heavy atom. The summed E-state index contributed by atoms with van der Waals surface area (Å²) >= 11 is 0. The third kappa shape index (κ3) is 4.11. The number of nitrogens with zero attached hydrogens (tertiary/aromatic N) is 2. The molecule has 0 radical (unpaired) electrons. The first kappa shape index (κ1) is 19.6. The largest absolute Gasteiger partial charge is 0.339 e. The highest BCUT2D eigenvalue weighted by atomic mass is 16.2. The first-order valence-corrected chi connectivity index (χ1v) is 11.0. The van der Waals surface area contributed by atoms with Crippen molar-refractivity contribution in [2.45, 2.75) is 12.3 Å². The SMILES string of the molecule is O=C(c1ccc(-c2ccccc2)cc1)N1CCN(C(=O)C2CC2c2ccccc2)CC1. The summed E-state index contributed by atoms with van der Waals surface area (Å²) in [5, 5.41) is 0. The maximum Gasteiger partial charge on any atom is 0.253 e. The van der Waals surface area contributed by atoms with Crippen LogP contribution in [0.25, 0.3) is 11.1 Å². The molecule has 31 heavy (non-hydrogen) atoms. The van der Waals surface area contributed by atoms with Gasteiger partial charge in [-0.2, -0.15) is 0 Å². The number of carbonyl (C=O) groups excluding carboxylic acids is 2. The molecule has 2 amide bonds. The van der Waals surface area contributed by atoms with Crippen molar-refractivity contribution in [1.29, 1.82) is 0 Å². The van der Waals surface area contributed by atoms with Crippen LogP contribution < -0.4 is 0 Å². The van der Waals surface area contributed by atoms with Crippen LogP contribution in [-0.2, 0) is 4.79 Å². The van der Waals surface area contributed by atoms with Crippen LogP contribution in [0.2, 0.25) is 0 Å². The number of rotatable bonds is 4. The van der Waals surface area contributed by atoms with Gasteiger partial charge >= 0.3 is 0 Å². The van der Waals surface area contributed by atoms with Crippen LogP contribution in [0.5, 0.6) is 0 Å². The van der Waals surface area contributed by atoms with Crippen molar-refractivity contribution >= 4 is 11.8 Å². The molecule has 1 saturated carbocycles. The zero-order valence-electron chi connectivity index (χ0n) is 17.5. The minimum atomic E-state index is 0.0419. The third-order valence-electron chi connectivity index (χ3n) is 6.45. The second kappa shape index (κ2) is 8.38. The summed E-state index contributed by atoms with van der Waals surface area (Å²) in [4.78, 5) is 29.6. The minimum absolute atomic E-state index is 0.0419. The molecule has 2 aliphatic rings. The lowest BCUT2D eigenvalue weighted by Gasteiger charge is -2.35. The Labute approximate surface area is 183 Å². The van der Waals surface area contributed by atoms with Gasteiger partial charge in [-0.15, -0.1) is 0 Å². The third-order valence-corrected chi connectivity index (χ3v) is 6.45. The number of hydrogen-bond donors (Lipinski definition) is 0. The Morgan fingerprint density at radius 1 is 0.645 bits per heavy atom. The smallest absolute Gasteiger partial charge is 0.253 e. The van der Waals surface area contributed by atoms with Gasteiger partial charge in [-0.3, -0.25) is 9.59 Å². The number of piperazine rings is 1. The quantitative estimate of drug-likeness (QED) is 0.638. The molecule has 1 saturated heterocycles. The summed E-state index contributed by atoms with van der Waals surface area (Å²) in [5.74, 6) is 0.750. The van der Waals surface area contributed by atoms with E-state index in [9.17, 15) is 9.59 Å². The molecule has 1 aliphatic heterocycles. The van der Waals surface area contributed by atoms with Crippen LogP contribution in [0.1, 0.15) is 28.3 Å². The molecule has 4 heteroatoms. The van der Waals surface area contributed by atoms with Gasteiger partial charge < -0.3 is 9.80 Å². The van der Waals surface area contributed by atoms with Gasteiger partial charge in [0.25, 0.3) is 5.91 Å². The predicted octanol–water partition coefficient (Wildman–Crippen LogP) is 4.44. The summed E-state index contributed by atoms with van der Waals surface area (Å²) in [6.45, 7) is 2.41. The predicted molar refractivity (Wildman–Crippen MR) is 122 cm³/mol. The molecule has 5 rings (SSSR count). The van der Waals surface area contributed by atoms with E-state index in [0.717, 1.165) is 17.5 Å². The van der Waals surface area contributed by atoms with E-state index in [1.807, 2.05) is 70.5 Å². The van der Waals surface area contributed by atoms with Crippen LogP contribution in [0.3, 0.4) is 0 Å². The van der Waals surface area contributed by atoms with E-state index in [4.69, 9.17) is 0 Å². The molecule has 2 atom stereocenters. The molecule has 3 aromatic carbocycles. The first-order valence-electron chi connectivity index (χ1n) is 11.0. The highest BCUT2D eigenvalue weighted by Crippen LogP contribution is 2.48. The number of benzene rings is 3. The fourth-order valence-electron chi connectivity index (χ4n) is 4.52. The molecule has 156 valence electrons. The lowest BCUT2D eigenvalue weighted by atomic mass is 10.0. The Hall–Kier alpha value is -3.40. The molecule has 2 unspecified atom stereocenters. The molecule has 1 aliphatic carbocycles. The van der Waals surface area contributed by atoms with Gasteiger partial charge in [-0.05, 0) is 41.2 Å². The molecule has 4 nitrogen and oxygen atoms in total. The molecule has 0 N–H and O–H groups in total. The van der Waals surface area contributed by atoms with Crippen molar-refractivity contribution in [3.63, 3.8) is 0 Å². The second-order valence-electron chi connectivity index (χ2n) is 8.42. The van der Waals surface area contributed by atoms with E-state index in [2.05, 4.69) is 24.3 Å². The summed E-state index contributed by atoms with van der Waals surface area (Å²) in [5.41, 5.74) is 4.20. The fraction of sp³-hybridized carbons (Fsp3) is 0.259. The molecule has 0 bridgehead atoms. The molecular formula is C27H26N2O2. The van der Waals surface area contributed by atoms with E-state index < -0.39 is 0 Å². The Kier molecular flexibility index (Phi) is 5.29. The number of amides is 2. The maximum absolute atomic E-state index is 12.9. The van der Waals surface area contributed by atoms with Crippen LogP contribution in [0, 0.1) is 5.92 Å². The lowest BCUT2D eigenvalue weighted by Crippen LogP contribution is -2.51. The van der Waals surface area contributed by atoms with Gasteiger partial charge in [-0.25, -0.2) is 0 Å². The van der Waals surface area contributed by atoms with Crippen LogP contribution in [0.4, 0.5) is 0 Å². The van der Waals surface area contributed by atoms with E-state index in [0.29, 0.717) is 37.7 Å². The highest BCUT2D eigenvalue weighted by Gasteiger charge is 2.46. The fourth-order valence-corrected chi connectivity index (χ4v) is 4.52. The molecule has 0 spiro atoms. The average molecular weight is 411 g/mol. The second-order valence-corrected chi connectivity index (χ2v) is 8.42. The maximum atomic E-state index is 12.9. The van der Waals surface area contributed by atoms with Crippen LogP contribution in [0.15, 0.2) is 84.9 Å². The van der Waals surface area contributed by atoms with Crippen molar-refractivity contribution in [2.24, 2.45) is 5.92 Å². The van der Waals surface area contributed by atoms with E-state index in [1.54, 1.807) is 0 Å². The lowest BCUT2D eigenvalue weighted by molar-refractivity contribution is -0.134. The molecule has 3 aromatic rings. The zero-order valence-corrected chi connectivity index (χ0v) is 17.5. The summed E-state index contributed by atoms with van der Waals surface area (Å²) in [6, 6.07) is 28.2. The van der Waals surface area contributed by atoms with E-state index >= 15 is 0 Å². The van der Waals surface area contributed by atoms with Gasteiger partial charge in [0, 0.05) is 37.7 Å². The zero-order chi connectivity index (χ0) is 21.2. The molecule has 1 heterocycles. The molecular weight excluding hydrogens is 384 g/mol. The van der Waals surface area contributed by atoms with Gasteiger partial charge in [0.15, 0.2) is 0 Å². The molecule has 2 fully saturated rings. The first-order chi connectivity index (χ1) is 15.2. The standard InChI is InChI=1S/C27H26N2O2/c30-26(23-13-11-21(12-14-23)20-7-3-1-4-8-20)28-15-17-29(18-16-28)27(31)25-19-24(25)22-9-5-2-6-10-22/h1-14,24-25H,15-19H2. The van der Waals surface area contributed by atoms with E-state index in [-0.39, 0.29) is 17.7 Å². The van der Waals surface area contributed by atoms with Crippen molar-refractivity contribution < 1.29 is 9.59 Å². The Morgan fingerprint density at radius 2 is 1.19 bits per heavy atom. The topological polar surface area (TPSA) is 40.6 Å². The number of hydrogen-bond acceptors (Lipinski definition) is 2. The van der Waals surface area contributed by atoms with Crippen molar-refractivity contribution in [3.05, 3.63) is 96.1 Å². The van der Waals surface area contributed by atoms with Gasteiger partial charge in [-0.1, -0.05) is 72.8 Å². The molecule has 0 aromatic heterocycles. The van der Waals surface area contributed by atoms with Gasteiger partial charge in [0.1, 0.15) is 0 Å². The van der Waals surface area contributed by atoms with Gasteiger partial charge in [0.2, 0.25) is 5.91 Å². The monoisotopic (exact) mass is 410 g/mol. The Bertz CT molecular complexity index is 1060. The summed E-state index contributed by atoms with van der Waals surface area (Å²) in [7, 11) is 0. The van der Waals surface area contributed by atoms with Crippen molar-refractivity contribution in [2.75, 3.05) is 26.2 Å². The highest BCUT2D eigenvalue weighted by molar-refractivity contribution is 5.95. The van der Waals surface area contributed by atoms with Crippen molar-refractivity contribution in [1.82, 2.24) is 9.80 Å². The normalized spacial score (nSPS) is 20.4. The van der Waals surface area contributed by atoms with Crippen LogP contribution >= 0.6 is 0 Å². The van der Waals surface area contributed by atoms with Crippen LogP contribution in [-0.4, -0.2) is 47.8 Å².